The summed E-state index contributed by atoms with van der Waals surface area (Å²) in [5.74, 6) is 1.52. The second-order valence-electron chi connectivity index (χ2n) is 6.92. The Labute approximate surface area is 153 Å². The van der Waals surface area contributed by atoms with Gasteiger partial charge in [-0.15, -0.1) is 0 Å². The molecule has 5 heteroatoms. The van der Waals surface area contributed by atoms with Crippen LogP contribution in [-0.4, -0.2) is 30.5 Å². The van der Waals surface area contributed by atoms with Gasteiger partial charge in [0.1, 0.15) is 12.4 Å². The van der Waals surface area contributed by atoms with Gasteiger partial charge in [-0.25, -0.2) is 0 Å². The van der Waals surface area contributed by atoms with Crippen LogP contribution < -0.4 is 14.9 Å². The van der Waals surface area contributed by atoms with Crippen LogP contribution in [-0.2, 0) is 17.7 Å². The highest BCUT2D eigenvalue weighted by Gasteiger charge is 2.23. The van der Waals surface area contributed by atoms with Crippen LogP contribution in [0.1, 0.15) is 30.9 Å². The van der Waals surface area contributed by atoms with Crippen LogP contribution in [0.4, 0.5) is 0 Å². The standard InChI is InChI=1S/C21H25NO4/c1-3-24-16-6-7-18-15(11-16)8-9-22-20(12-19(23)14(2)21(18)22)26-13-17-5-4-10-25-17/h6-7,11-12,17H,3-5,8-10,13H2,1-2H3/t17-/m0/s1. The van der Waals surface area contributed by atoms with Crippen LogP contribution in [0.2, 0.25) is 0 Å². The summed E-state index contributed by atoms with van der Waals surface area (Å²) in [6.45, 7) is 6.61. The Hall–Kier alpha value is -2.27. The van der Waals surface area contributed by atoms with Crippen molar-refractivity contribution in [2.75, 3.05) is 19.8 Å². The molecular formula is C21H25NO4. The minimum atomic E-state index is 0.0142. The summed E-state index contributed by atoms with van der Waals surface area (Å²) in [6.07, 6.45) is 3.12. The van der Waals surface area contributed by atoms with Gasteiger partial charge in [0, 0.05) is 30.3 Å². The van der Waals surface area contributed by atoms with Gasteiger partial charge < -0.3 is 18.8 Å². The molecule has 26 heavy (non-hydrogen) atoms. The molecule has 1 fully saturated rings. The first-order chi connectivity index (χ1) is 12.7. The Bertz CT molecular complexity index is 865. The second kappa shape index (κ2) is 7.16. The fourth-order valence-corrected chi connectivity index (χ4v) is 3.87. The minimum Gasteiger partial charge on any atom is -0.494 e. The van der Waals surface area contributed by atoms with Gasteiger partial charge in [0.15, 0.2) is 11.3 Å². The van der Waals surface area contributed by atoms with E-state index in [0.717, 1.165) is 55.0 Å². The highest BCUT2D eigenvalue weighted by Crippen LogP contribution is 2.35. The lowest BCUT2D eigenvalue weighted by atomic mass is 9.94. The molecule has 0 amide bonds. The minimum absolute atomic E-state index is 0.0142. The molecular weight excluding hydrogens is 330 g/mol. The van der Waals surface area contributed by atoms with E-state index in [2.05, 4.69) is 16.7 Å². The Morgan fingerprint density at radius 2 is 2.15 bits per heavy atom. The highest BCUT2D eigenvalue weighted by molar-refractivity contribution is 5.70. The Morgan fingerprint density at radius 3 is 2.92 bits per heavy atom. The molecule has 3 heterocycles. The van der Waals surface area contributed by atoms with Crippen molar-refractivity contribution in [1.29, 1.82) is 0 Å². The number of rotatable bonds is 5. The van der Waals surface area contributed by atoms with Crippen molar-refractivity contribution in [3.05, 3.63) is 45.6 Å². The van der Waals surface area contributed by atoms with E-state index in [-0.39, 0.29) is 11.5 Å². The van der Waals surface area contributed by atoms with Crippen LogP contribution in [0, 0.1) is 6.92 Å². The van der Waals surface area contributed by atoms with Gasteiger partial charge in [-0.3, -0.25) is 4.79 Å². The third-order valence-corrected chi connectivity index (χ3v) is 5.20. The maximum absolute atomic E-state index is 12.5. The summed E-state index contributed by atoms with van der Waals surface area (Å²) < 4.78 is 19.4. The number of benzene rings is 1. The van der Waals surface area contributed by atoms with Crippen LogP contribution in [0.5, 0.6) is 11.6 Å². The lowest BCUT2D eigenvalue weighted by Gasteiger charge is -2.27. The zero-order valence-corrected chi connectivity index (χ0v) is 15.4. The monoisotopic (exact) mass is 355 g/mol. The molecule has 1 atom stereocenters. The number of ether oxygens (including phenoxy) is 3. The molecule has 4 rings (SSSR count). The molecule has 0 spiro atoms. The molecule has 0 N–H and O–H groups in total. The lowest BCUT2D eigenvalue weighted by Crippen LogP contribution is -2.24. The van der Waals surface area contributed by atoms with Gasteiger partial charge in [-0.2, -0.15) is 0 Å². The molecule has 0 radical (unpaired) electrons. The summed E-state index contributed by atoms with van der Waals surface area (Å²) in [5, 5.41) is 0. The summed E-state index contributed by atoms with van der Waals surface area (Å²) in [7, 11) is 0. The molecule has 2 aliphatic heterocycles. The van der Waals surface area contributed by atoms with E-state index >= 15 is 0 Å². The average Bonchev–Trinajstić information content (AvgIpc) is 3.16. The van der Waals surface area contributed by atoms with E-state index in [0.29, 0.717) is 19.1 Å². The first-order valence-corrected chi connectivity index (χ1v) is 9.42. The third-order valence-electron chi connectivity index (χ3n) is 5.20. The Kier molecular flexibility index (Phi) is 4.72. The van der Waals surface area contributed by atoms with Crippen molar-refractivity contribution < 1.29 is 14.2 Å². The molecule has 1 saturated heterocycles. The first kappa shape index (κ1) is 17.2. The maximum atomic E-state index is 12.5. The van der Waals surface area contributed by atoms with Crippen molar-refractivity contribution in [2.24, 2.45) is 0 Å². The van der Waals surface area contributed by atoms with Crippen LogP contribution in [0.3, 0.4) is 0 Å². The molecule has 0 saturated carbocycles. The number of nitrogens with zero attached hydrogens (tertiary/aromatic N) is 1. The van der Waals surface area contributed by atoms with Crippen molar-refractivity contribution in [3.8, 4) is 22.9 Å². The zero-order valence-electron chi connectivity index (χ0n) is 15.4. The Balaban J connectivity index is 1.71. The summed E-state index contributed by atoms with van der Waals surface area (Å²) >= 11 is 0. The van der Waals surface area contributed by atoms with E-state index in [1.165, 1.54) is 5.56 Å². The van der Waals surface area contributed by atoms with E-state index in [4.69, 9.17) is 14.2 Å². The lowest BCUT2D eigenvalue weighted by molar-refractivity contribution is 0.0646. The number of hydrogen-bond acceptors (Lipinski definition) is 4. The quantitative estimate of drug-likeness (QED) is 0.825. The van der Waals surface area contributed by atoms with Crippen LogP contribution in [0.15, 0.2) is 29.1 Å². The summed E-state index contributed by atoms with van der Waals surface area (Å²) in [4.78, 5) is 12.5. The molecule has 5 nitrogen and oxygen atoms in total. The summed E-state index contributed by atoms with van der Waals surface area (Å²) in [6, 6.07) is 7.74. The predicted molar refractivity (Wildman–Crippen MR) is 100 cm³/mol. The summed E-state index contributed by atoms with van der Waals surface area (Å²) in [5.41, 5.74) is 4.05. The van der Waals surface area contributed by atoms with Crippen LogP contribution in [0.25, 0.3) is 11.3 Å². The fourth-order valence-electron chi connectivity index (χ4n) is 3.87. The molecule has 0 bridgehead atoms. The van der Waals surface area contributed by atoms with Gasteiger partial charge in [-0.05, 0) is 56.9 Å². The van der Waals surface area contributed by atoms with Gasteiger partial charge in [0.2, 0.25) is 0 Å². The third kappa shape index (κ3) is 3.12. The molecule has 2 aliphatic rings. The number of hydrogen-bond donors (Lipinski definition) is 0. The number of aromatic nitrogens is 1. The largest absolute Gasteiger partial charge is 0.494 e. The molecule has 138 valence electrons. The number of aryl methyl sites for hydroxylation is 1. The molecule has 0 aliphatic carbocycles. The zero-order chi connectivity index (χ0) is 18.1. The Morgan fingerprint density at radius 1 is 1.27 bits per heavy atom. The SMILES string of the molecule is CCOc1ccc2c(c1)CCn1c(OC[C@@H]3CCCO3)cc(=O)c(C)c1-2. The van der Waals surface area contributed by atoms with E-state index in [9.17, 15) is 4.79 Å². The topological polar surface area (TPSA) is 49.7 Å². The van der Waals surface area contributed by atoms with Crippen molar-refractivity contribution >= 4 is 0 Å². The predicted octanol–water partition coefficient (Wildman–Crippen LogP) is 3.34. The van der Waals surface area contributed by atoms with E-state index in [1.807, 2.05) is 19.9 Å². The maximum Gasteiger partial charge on any atom is 0.197 e. The van der Waals surface area contributed by atoms with Gasteiger partial charge in [0.25, 0.3) is 0 Å². The number of fused-ring (bicyclic) bond motifs is 3. The van der Waals surface area contributed by atoms with Gasteiger partial charge in [0.05, 0.1) is 18.4 Å². The van der Waals surface area contributed by atoms with Crippen LogP contribution >= 0.6 is 0 Å². The van der Waals surface area contributed by atoms with Crippen molar-refractivity contribution in [2.45, 2.75) is 45.8 Å². The normalized spacial score (nSPS) is 18.3. The highest BCUT2D eigenvalue weighted by atomic mass is 16.5. The molecule has 1 aromatic carbocycles. The van der Waals surface area contributed by atoms with E-state index in [1.54, 1.807) is 6.07 Å². The van der Waals surface area contributed by atoms with Crippen molar-refractivity contribution in [1.82, 2.24) is 4.57 Å². The van der Waals surface area contributed by atoms with Crippen molar-refractivity contribution in [3.63, 3.8) is 0 Å². The molecule has 0 unspecified atom stereocenters. The first-order valence-electron chi connectivity index (χ1n) is 9.42. The van der Waals surface area contributed by atoms with Gasteiger partial charge in [-0.1, -0.05) is 0 Å². The smallest absolute Gasteiger partial charge is 0.197 e. The molecule has 2 aromatic rings. The molecule has 1 aromatic heterocycles. The average molecular weight is 355 g/mol. The second-order valence-corrected chi connectivity index (χ2v) is 6.92. The number of pyridine rings is 1. The van der Waals surface area contributed by atoms with Gasteiger partial charge >= 0.3 is 0 Å². The van der Waals surface area contributed by atoms with E-state index < -0.39 is 0 Å². The fraction of sp³-hybridized carbons (Fsp3) is 0.476.